The van der Waals surface area contributed by atoms with Gasteiger partial charge in [-0.2, -0.15) is 0 Å². The number of nitrogens with zero attached hydrogens (tertiary/aromatic N) is 6. The van der Waals surface area contributed by atoms with Crippen LogP contribution in [0, 0.1) is 5.92 Å². The molecule has 5 N–H and O–H groups in total. The maximum absolute atomic E-state index is 12.7. The van der Waals surface area contributed by atoms with Crippen molar-refractivity contribution in [1.29, 1.82) is 0 Å². The van der Waals surface area contributed by atoms with Crippen molar-refractivity contribution in [1.82, 2.24) is 34.7 Å². The first-order chi connectivity index (χ1) is 34.4. The van der Waals surface area contributed by atoms with Crippen LogP contribution in [-0.4, -0.2) is 198 Å². The highest BCUT2D eigenvalue weighted by Crippen LogP contribution is 2.40. The van der Waals surface area contributed by atoms with Crippen molar-refractivity contribution < 1.29 is 28.6 Å². The molecule has 0 spiro atoms. The molecule has 0 aromatic heterocycles. The third-order valence-electron chi connectivity index (χ3n) is 16.1. The van der Waals surface area contributed by atoms with E-state index in [2.05, 4.69) is 187 Å². The number of hydrogen-bond donors (Lipinski definition) is 4. The molecule has 7 saturated heterocycles. The number of hydrogen-bond acceptors (Lipinski definition) is 11. The fourth-order valence-corrected chi connectivity index (χ4v) is 11.9. The highest BCUT2D eigenvalue weighted by atomic mass is 19.1. The molecule has 452 valence electrons. The number of amides is 1. The lowest BCUT2D eigenvalue weighted by molar-refractivity contribution is -0.120. The molecule has 7 rings (SSSR count). The van der Waals surface area contributed by atoms with E-state index in [1.165, 1.54) is 45.2 Å². The molecule has 76 heavy (non-hydrogen) atoms. The largest absolute Gasteiger partial charge is 0.393 e. The number of nitrogens with one attached hydrogen (secondary N) is 1. The Hall–Kier alpha value is -1.36. The molecule has 0 aliphatic carbocycles. The lowest BCUT2D eigenvalue weighted by atomic mass is 9.93. The zero-order valence-electron chi connectivity index (χ0n) is 53.9. The molecule has 2 bridgehead atoms. The number of aliphatic hydroxyl groups excluding tert-OH is 2. The van der Waals surface area contributed by atoms with Gasteiger partial charge in [0.05, 0.1) is 18.2 Å². The van der Waals surface area contributed by atoms with Crippen LogP contribution in [0.5, 0.6) is 0 Å². The molecule has 12 nitrogen and oxygen atoms in total. The zero-order chi connectivity index (χ0) is 58.9. The van der Waals surface area contributed by atoms with E-state index in [0.29, 0.717) is 55.1 Å². The summed E-state index contributed by atoms with van der Waals surface area (Å²) in [6.45, 7) is 58.2. The van der Waals surface area contributed by atoms with Gasteiger partial charge in [-0.05, 0) is 228 Å². The smallest absolute Gasteiger partial charge is 0.218 e. The molecule has 1 amide bonds. The van der Waals surface area contributed by atoms with Gasteiger partial charge in [0.15, 0.2) is 0 Å². The van der Waals surface area contributed by atoms with Crippen LogP contribution in [0.25, 0.3) is 0 Å². The van der Waals surface area contributed by atoms with Gasteiger partial charge in [0.25, 0.3) is 0 Å². The minimum Gasteiger partial charge on any atom is -0.393 e. The van der Waals surface area contributed by atoms with E-state index in [9.17, 15) is 28.6 Å². The van der Waals surface area contributed by atoms with Crippen LogP contribution in [0.2, 0.25) is 0 Å². The highest BCUT2D eigenvalue weighted by Gasteiger charge is 2.45. The van der Waals surface area contributed by atoms with Gasteiger partial charge in [0, 0.05) is 103 Å². The van der Waals surface area contributed by atoms with Gasteiger partial charge < -0.3 is 21.3 Å². The van der Waals surface area contributed by atoms with Crippen LogP contribution in [-0.2, 0) is 9.59 Å². The highest BCUT2D eigenvalue weighted by molar-refractivity contribution is 5.81. The number of piperidine rings is 1. The van der Waals surface area contributed by atoms with E-state index < -0.39 is 12.3 Å². The monoisotopic (exact) mass is 1080 g/mol. The van der Waals surface area contributed by atoms with Gasteiger partial charge in [-0.1, -0.05) is 27.7 Å². The average Bonchev–Trinajstić information content (AvgIpc) is 4.10. The molecule has 7 fully saturated rings. The van der Waals surface area contributed by atoms with Gasteiger partial charge in [0.1, 0.15) is 18.1 Å². The number of carbonyl (C=O) groups is 2. The van der Waals surface area contributed by atoms with E-state index in [0.717, 1.165) is 71.2 Å². The number of rotatable bonds is 6. The maximum Gasteiger partial charge on any atom is 0.218 e. The fourth-order valence-electron chi connectivity index (χ4n) is 11.9. The summed E-state index contributed by atoms with van der Waals surface area (Å²) >= 11 is 0. The van der Waals surface area contributed by atoms with Crippen molar-refractivity contribution in [3.63, 3.8) is 0 Å². The van der Waals surface area contributed by atoms with Crippen LogP contribution in [0.1, 0.15) is 236 Å². The summed E-state index contributed by atoms with van der Waals surface area (Å²) in [5, 5.41) is 22.1. The zero-order valence-corrected chi connectivity index (χ0v) is 53.9. The molecule has 0 aromatic rings. The van der Waals surface area contributed by atoms with E-state index in [-0.39, 0.29) is 57.6 Å². The Balaban J connectivity index is 0.000000445. The Morgan fingerprint density at radius 2 is 0.934 bits per heavy atom. The standard InChI is InChI=1S/C11H21NO.C10H20N2O.C9H19NO.2C8H16FN.C8H17NO.C8H17N/c1-11(2,3)12-8-4-5-9(12)7-10(13)6-8;1-10(2,3)12-6-4-5-8(12)7-9(11)13;1-6(2)9(8(5)11)10-7(3)4;2*1-8(2,3)10-5-4-7(9)6-10;1-8(2,3)9-5-4-7(10)6-9;1-8(2,3)9-6-4-5-7-9/h8-10,13H,4-7H2,1-3H3;8H,4-7H2,1-3H3,(H2,11,13);6-7,9-10H,1-5H3;2*7H,4-6H2,1-3H3;7,10H,4-6H2,1-3H3;4-7H2,1-3H3/t;;;3*7-;/m...100./s1. The molecule has 14 heteroatoms. The number of alkyl halides is 2. The second-order valence-electron chi connectivity index (χ2n) is 30.0. The van der Waals surface area contributed by atoms with E-state index in [4.69, 9.17) is 5.73 Å². The molecular formula is C62H126F2N8O4. The Morgan fingerprint density at radius 3 is 1.17 bits per heavy atom. The Morgan fingerprint density at radius 1 is 0.526 bits per heavy atom. The van der Waals surface area contributed by atoms with E-state index in [1.54, 1.807) is 6.92 Å². The van der Waals surface area contributed by atoms with Gasteiger partial charge in [-0.3, -0.25) is 39.0 Å². The lowest BCUT2D eigenvalue weighted by Gasteiger charge is -2.45. The number of β-amino-alcohol motifs (C(OH)–C–C–N with tert-alkyl or cyclic N) is 1. The lowest BCUT2D eigenvalue weighted by Crippen LogP contribution is -2.53. The summed E-state index contributed by atoms with van der Waals surface area (Å²) < 4.78 is 25.3. The maximum atomic E-state index is 12.7. The van der Waals surface area contributed by atoms with E-state index >= 15 is 0 Å². The Labute approximate surface area is 468 Å². The molecule has 0 saturated carbocycles. The molecular weight excluding hydrogens is 959 g/mol. The summed E-state index contributed by atoms with van der Waals surface area (Å²) in [6.07, 6.45) is 11.3. The van der Waals surface area contributed by atoms with Crippen molar-refractivity contribution in [2.75, 3.05) is 58.9 Å². The average molecular weight is 1090 g/mol. The first-order valence-corrected chi connectivity index (χ1v) is 30.2. The molecule has 7 heterocycles. The number of primary amides is 1. The summed E-state index contributed by atoms with van der Waals surface area (Å²) in [5.41, 5.74) is 6.61. The number of ketones is 1. The van der Waals surface area contributed by atoms with Gasteiger partial charge in [-0.25, -0.2) is 8.78 Å². The Bertz CT molecular complexity index is 1540. The van der Waals surface area contributed by atoms with Crippen molar-refractivity contribution in [2.24, 2.45) is 11.7 Å². The predicted molar refractivity (Wildman–Crippen MR) is 319 cm³/mol. The summed E-state index contributed by atoms with van der Waals surface area (Å²) in [4.78, 5) is 36.1. The summed E-state index contributed by atoms with van der Waals surface area (Å²) in [7, 11) is 0. The fraction of sp³-hybridized carbons (Fsp3) is 0.968. The summed E-state index contributed by atoms with van der Waals surface area (Å²) in [5.74, 6) is 0.435. The normalized spacial score (nSPS) is 27.7. The van der Waals surface area contributed by atoms with Crippen molar-refractivity contribution in [2.45, 2.75) is 324 Å². The van der Waals surface area contributed by atoms with Crippen LogP contribution < -0.4 is 11.1 Å². The van der Waals surface area contributed by atoms with Crippen LogP contribution in [0.4, 0.5) is 8.78 Å². The van der Waals surface area contributed by atoms with Gasteiger partial charge in [0.2, 0.25) is 5.91 Å². The van der Waals surface area contributed by atoms with Crippen molar-refractivity contribution in [3.8, 4) is 0 Å². The number of nitrogens with two attached hydrogens (primary N) is 1. The molecule has 0 radical (unpaired) electrons. The quantitative estimate of drug-likeness (QED) is 0.203. The first kappa shape index (κ1) is 72.7. The summed E-state index contributed by atoms with van der Waals surface area (Å²) in [6, 6.07) is 2.07. The SMILES string of the molecule is CC(=O)C(NC(C)C)C(C)C.CC(C)(C)N1C2CCC1CC(O)C2.CC(C)(C)N1CCCC1.CC(C)(C)N1CCCC1CC(N)=O.CC(C)(C)N1CC[C@@H](F)C1.CC(C)(C)N1CC[C@H](F)C1.CC(C)(C)N1CC[C@H](O)C1. The third kappa shape index (κ3) is 27.9. The molecule has 7 aliphatic heterocycles. The number of Topliss-reactive ketones (excluding diaryl/α,β-unsaturated/α-hetero) is 1. The van der Waals surface area contributed by atoms with Crippen LogP contribution in [0.3, 0.4) is 0 Å². The second kappa shape index (κ2) is 31.7. The van der Waals surface area contributed by atoms with Gasteiger partial charge in [-0.15, -0.1) is 0 Å². The molecule has 7 atom stereocenters. The number of carbonyl (C=O) groups excluding carboxylic acids is 2. The second-order valence-corrected chi connectivity index (χ2v) is 30.0. The predicted octanol–water partition coefficient (Wildman–Crippen LogP) is 10.9. The molecule has 4 unspecified atom stereocenters. The van der Waals surface area contributed by atoms with Crippen molar-refractivity contribution in [3.05, 3.63) is 0 Å². The number of fused-ring (bicyclic) bond motifs is 2. The molecule has 0 aromatic carbocycles. The van der Waals surface area contributed by atoms with Crippen LogP contribution in [0.15, 0.2) is 0 Å². The minimum atomic E-state index is -0.584. The van der Waals surface area contributed by atoms with E-state index in [1.807, 2.05) is 0 Å². The number of likely N-dealkylation sites (tertiary alicyclic amines) is 5. The van der Waals surface area contributed by atoms with Crippen LogP contribution >= 0.6 is 0 Å². The number of halogens is 2. The van der Waals surface area contributed by atoms with Gasteiger partial charge >= 0.3 is 0 Å². The van der Waals surface area contributed by atoms with Crippen molar-refractivity contribution >= 4 is 11.7 Å². The molecule has 7 aliphatic rings. The topological polar surface area (TPSA) is 132 Å². The first-order valence-electron chi connectivity index (χ1n) is 30.2. The Kier molecular flexibility index (Phi) is 30.3. The number of aliphatic hydroxyl groups is 2. The minimum absolute atomic E-state index is 0.0231. The third-order valence-corrected chi connectivity index (χ3v) is 16.1.